The number of rotatable bonds is 33. The van der Waals surface area contributed by atoms with Crippen LogP contribution in [0.1, 0.15) is 144 Å². The molecule has 0 aliphatic carbocycles. The number of pyridine rings is 1. The van der Waals surface area contributed by atoms with Gasteiger partial charge in [-0.1, -0.05) is 182 Å². The third-order valence-corrected chi connectivity index (χ3v) is 18.4. The number of aliphatic hydroxyl groups excluding tert-OH is 1. The van der Waals surface area contributed by atoms with Crippen molar-refractivity contribution in [3.8, 4) is 0 Å². The molecule has 558 valence electrons. The molecular formula is C81H90FN13O12. The average molecular weight is 1460 g/mol. The fraction of sp³-hybridized carbons (Fsp3) is 0.321. The number of unbranched alkanes of at least 4 members (excludes halogenated alkanes) is 3. The van der Waals surface area contributed by atoms with E-state index in [-0.39, 0.29) is 80.7 Å². The predicted molar refractivity (Wildman–Crippen MR) is 402 cm³/mol. The maximum absolute atomic E-state index is 15.4. The zero-order chi connectivity index (χ0) is 75.4. The number of piperazine rings is 1. The van der Waals surface area contributed by atoms with Crippen molar-refractivity contribution >= 4 is 63.9 Å². The lowest BCUT2D eigenvalue weighted by Crippen LogP contribution is -2.49. The van der Waals surface area contributed by atoms with Gasteiger partial charge >= 0.3 is 24.1 Å². The Morgan fingerprint density at radius 2 is 1.08 bits per heavy atom. The first-order chi connectivity index (χ1) is 52.1. The second-order valence-electron chi connectivity index (χ2n) is 26.1. The molecule has 7 aromatic carbocycles. The number of hydrogen-bond donors (Lipinski definition) is 6. The molecule has 3 aromatic heterocycles. The number of anilines is 3. The van der Waals surface area contributed by atoms with Crippen LogP contribution in [0.2, 0.25) is 0 Å². The predicted octanol–water partition coefficient (Wildman–Crippen LogP) is 12.4. The van der Waals surface area contributed by atoms with Gasteiger partial charge < -0.3 is 60.5 Å². The highest BCUT2D eigenvalue weighted by Crippen LogP contribution is 2.30. The van der Waals surface area contributed by atoms with Gasteiger partial charge in [-0.15, -0.1) is 10.2 Å². The summed E-state index contributed by atoms with van der Waals surface area (Å²) in [6.45, 7) is 6.08. The van der Waals surface area contributed by atoms with E-state index in [9.17, 15) is 43.8 Å². The molecule has 107 heavy (non-hydrogen) atoms. The molecule has 0 spiro atoms. The number of esters is 1. The standard InChI is InChI=1S/C48H52FN9O8.C33H38N4O4/c1-2-55-28-37(46(61)62)44(59)36-26-38(49)43(27-42(36)55)56-21-23-57(24-22-56)48(64)66-31-34-16-18-35(19-17-34)51-45(60)41(15-9-10-20-50)58-29-40(53-54-58)39(25-32-11-5-3-6-12-32)52-47(63)65-30-33-13-7-4-8-14-33;1-2-3-6-15-31(33(40)34-29-18-16-26(23-38)17-19-29)37-22-30(35-36-37)28(20-25-11-7-4-8-12-25)21-32(39)41-24-27-13-9-5-10-14-27/h3-8,11-14,16-19,26-29,39,41H,2,9-10,15,20-25,30-31,50H2,1H3,(H,51,60)(H,52,63)(H,61,62);4-5,7-14,16-19,22,28,31,38H,2-3,6,15,20-21,23-24H2,1H3,(H,34,40)/t39-,41-;28-,31-/m00/s1. The van der Waals surface area contributed by atoms with Crippen LogP contribution in [-0.2, 0) is 74.4 Å². The lowest BCUT2D eigenvalue weighted by atomic mass is 9.93. The number of nitrogens with zero attached hydrogens (tertiary/aromatic N) is 9. The highest BCUT2D eigenvalue weighted by Gasteiger charge is 2.30. The van der Waals surface area contributed by atoms with E-state index >= 15 is 4.39 Å². The van der Waals surface area contributed by atoms with Crippen LogP contribution in [0.25, 0.3) is 10.9 Å². The van der Waals surface area contributed by atoms with Crippen LogP contribution in [0.15, 0.2) is 205 Å². The molecule has 11 rings (SSSR count). The summed E-state index contributed by atoms with van der Waals surface area (Å²) in [5.74, 6) is -3.13. The number of fused-ring (bicyclic) bond motifs is 1. The molecule has 0 unspecified atom stereocenters. The fourth-order valence-corrected chi connectivity index (χ4v) is 12.5. The first-order valence-corrected chi connectivity index (χ1v) is 36.0. The van der Waals surface area contributed by atoms with Gasteiger partial charge in [0.25, 0.3) is 0 Å². The van der Waals surface area contributed by atoms with E-state index in [1.165, 1.54) is 15.8 Å². The number of aliphatic hydroxyl groups is 1. The topological polar surface area (TPSA) is 323 Å². The molecule has 0 radical (unpaired) electrons. The number of halogens is 1. The number of hydrogen-bond acceptors (Lipinski definition) is 17. The van der Waals surface area contributed by atoms with Crippen LogP contribution >= 0.6 is 0 Å². The zero-order valence-corrected chi connectivity index (χ0v) is 60.0. The highest BCUT2D eigenvalue weighted by atomic mass is 19.1. The minimum atomic E-state index is -1.38. The van der Waals surface area contributed by atoms with E-state index < -0.39 is 53.1 Å². The molecule has 1 aliphatic heterocycles. The number of aromatic carboxylic acids is 1. The molecule has 26 heteroatoms. The molecule has 0 bridgehead atoms. The third-order valence-electron chi connectivity index (χ3n) is 18.4. The summed E-state index contributed by atoms with van der Waals surface area (Å²) < 4.78 is 36.8. The lowest BCUT2D eigenvalue weighted by molar-refractivity contribution is -0.145. The zero-order valence-electron chi connectivity index (χ0n) is 60.0. The van der Waals surface area contributed by atoms with E-state index in [1.54, 1.807) is 88.1 Å². The summed E-state index contributed by atoms with van der Waals surface area (Å²) >= 11 is 0. The third kappa shape index (κ3) is 22.3. The van der Waals surface area contributed by atoms with Crippen molar-refractivity contribution in [3.05, 3.63) is 267 Å². The summed E-state index contributed by atoms with van der Waals surface area (Å²) in [7, 11) is 0. The van der Waals surface area contributed by atoms with Gasteiger partial charge in [0.2, 0.25) is 17.2 Å². The number of alkyl carbamates (subject to hydrolysis) is 1. The molecule has 10 aromatic rings. The Labute approximate surface area is 619 Å². The fourth-order valence-electron chi connectivity index (χ4n) is 12.5. The second-order valence-corrected chi connectivity index (χ2v) is 26.1. The van der Waals surface area contributed by atoms with E-state index in [4.69, 9.17) is 19.9 Å². The SMILES string of the molecule is CCCCC[C@@H](C(=O)Nc1ccc(CO)cc1)n1cc([C@H](CC(=O)OCc2ccccc2)Cc2ccccc2)nn1.CCn1cc(C(=O)O)c(=O)c2cc(F)c(N3CCN(C(=O)OCc4ccc(NC(=O)[C@H](CCCCN)n5cc([C@H](Cc6ccccc6)NC(=O)OCc6ccccc6)nn5)cc4)CC3)cc21. The summed E-state index contributed by atoms with van der Waals surface area (Å²) in [5.41, 5.74) is 12.8. The number of aryl methyl sites for hydroxylation is 1. The second kappa shape index (κ2) is 39.3. The van der Waals surface area contributed by atoms with Crippen LogP contribution in [0.4, 0.5) is 31.0 Å². The van der Waals surface area contributed by atoms with Crippen molar-refractivity contribution in [1.29, 1.82) is 0 Å². The number of nitrogens with one attached hydrogen (secondary N) is 3. The van der Waals surface area contributed by atoms with Crippen molar-refractivity contribution in [3.63, 3.8) is 0 Å². The molecule has 4 amide bonds. The Balaban J connectivity index is 0.000000255. The number of nitrogens with two attached hydrogens (primary N) is 1. The molecule has 7 N–H and O–H groups in total. The van der Waals surface area contributed by atoms with Gasteiger partial charge in [0, 0.05) is 67.8 Å². The largest absolute Gasteiger partial charge is 0.477 e. The van der Waals surface area contributed by atoms with Crippen molar-refractivity contribution in [1.82, 2.24) is 44.8 Å². The van der Waals surface area contributed by atoms with Crippen molar-refractivity contribution < 1.29 is 57.6 Å². The van der Waals surface area contributed by atoms with Gasteiger partial charge in [-0.2, -0.15) is 0 Å². The summed E-state index contributed by atoms with van der Waals surface area (Å²) in [5, 5.41) is 45.2. The number of carboxylic acid groups (broad SMARTS) is 1. The maximum atomic E-state index is 15.4. The smallest absolute Gasteiger partial charge is 0.410 e. The lowest BCUT2D eigenvalue weighted by Gasteiger charge is -2.35. The maximum Gasteiger partial charge on any atom is 0.410 e. The summed E-state index contributed by atoms with van der Waals surface area (Å²) in [6.07, 6.45) is 10.00. The Morgan fingerprint density at radius 3 is 1.63 bits per heavy atom. The molecule has 4 heterocycles. The Morgan fingerprint density at radius 1 is 0.579 bits per heavy atom. The minimum absolute atomic E-state index is 0.0156. The van der Waals surface area contributed by atoms with Gasteiger partial charge in [0.05, 0.1) is 42.2 Å². The van der Waals surface area contributed by atoms with Gasteiger partial charge in [0.15, 0.2) is 0 Å². The number of ether oxygens (including phenoxy) is 3. The van der Waals surface area contributed by atoms with Crippen LogP contribution in [0, 0.1) is 5.82 Å². The quantitative estimate of drug-likeness (QED) is 0.0126. The monoisotopic (exact) mass is 1460 g/mol. The van der Waals surface area contributed by atoms with Crippen LogP contribution in [0.5, 0.6) is 0 Å². The summed E-state index contributed by atoms with van der Waals surface area (Å²) in [4.78, 5) is 94.0. The molecule has 1 saturated heterocycles. The summed E-state index contributed by atoms with van der Waals surface area (Å²) in [6, 6.07) is 53.3. The van der Waals surface area contributed by atoms with Gasteiger partial charge in [-0.3, -0.25) is 19.2 Å². The first kappa shape index (κ1) is 77.7. The van der Waals surface area contributed by atoms with E-state index in [1.807, 2.05) is 121 Å². The molecular weight excluding hydrogens is 1370 g/mol. The van der Waals surface area contributed by atoms with Crippen molar-refractivity contribution in [2.24, 2.45) is 5.73 Å². The normalized spacial score (nSPS) is 13.1. The van der Waals surface area contributed by atoms with Crippen LogP contribution in [0.3, 0.4) is 0 Å². The van der Waals surface area contributed by atoms with Crippen LogP contribution in [-0.4, -0.2) is 118 Å². The Hall–Kier alpha value is -11.9. The minimum Gasteiger partial charge on any atom is -0.477 e. The number of carboxylic acids is 1. The van der Waals surface area contributed by atoms with E-state index in [0.717, 1.165) is 53.1 Å². The number of amides is 4. The van der Waals surface area contributed by atoms with Crippen molar-refractivity contribution in [2.75, 3.05) is 48.3 Å². The number of aromatic nitrogens is 7. The highest BCUT2D eigenvalue weighted by molar-refractivity contribution is 5.95. The first-order valence-electron chi connectivity index (χ1n) is 36.0. The van der Waals surface area contributed by atoms with Crippen LogP contribution < -0.4 is 32.0 Å². The van der Waals surface area contributed by atoms with Crippen molar-refractivity contribution in [2.45, 2.75) is 135 Å². The molecule has 25 nitrogen and oxygen atoms in total. The van der Waals surface area contributed by atoms with E-state index in [0.29, 0.717) is 98.5 Å². The Bertz CT molecular complexity index is 4600. The molecule has 0 saturated carbocycles. The molecule has 1 aliphatic rings. The molecule has 1 fully saturated rings. The van der Waals surface area contributed by atoms with Gasteiger partial charge in [0.1, 0.15) is 49.0 Å². The van der Waals surface area contributed by atoms with E-state index in [2.05, 4.69) is 43.5 Å². The van der Waals surface area contributed by atoms with Gasteiger partial charge in [-0.05, 0) is 122 Å². The Kier molecular flexibility index (Phi) is 28.5. The molecule has 4 atom stereocenters. The van der Waals surface area contributed by atoms with Gasteiger partial charge in [-0.25, -0.2) is 28.1 Å². The number of carbonyl (C=O) groups excluding carboxylic acids is 5. The number of carbonyl (C=O) groups is 6. The number of benzene rings is 7. The average Bonchev–Trinajstić information content (AvgIpc) is 1.23.